The van der Waals surface area contributed by atoms with Crippen molar-refractivity contribution < 1.29 is 22.7 Å². The van der Waals surface area contributed by atoms with Gasteiger partial charge in [0.1, 0.15) is 11.5 Å². The van der Waals surface area contributed by atoms with Crippen LogP contribution in [0.5, 0.6) is 0 Å². The Morgan fingerprint density at radius 3 is 2.76 bits per heavy atom. The molecule has 2 atom stereocenters. The topological polar surface area (TPSA) is 81.5 Å². The molecule has 1 saturated carbocycles. The number of benzene rings is 1. The molecule has 2 aromatic rings. The van der Waals surface area contributed by atoms with Gasteiger partial charge in [-0.1, -0.05) is 0 Å². The Balaban J connectivity index is 1.39. The largest absolute Gasteiger partial charge is 0.397 e. The van der Waals surface area contributed by atoms with E-state index >= 15 is 0 Å². The number of hydrogen-bond acceptors (Lipinski definition) is 6. The highest BCUT2D eigenvalue weighted by atomic mass is 19.4. The van der Waals surface area contributed by atoms with Crippen LogP contribution >= 0.6 is 0 Å². The number of amides is 1. The lowest BCUT2D eigenvalue weighted by Gasteiger charge is -2.27. The third kappa shape index (κ3) is 3.42. The Bertz CT molecular complexity index is 1130. The zero-order valence-electron chi connectivity index (χ0n) is 18.0. The number of aromatic nitrogens is 1. The van der Waals surface area contributed by atoms with E-state index in [1.807, 2.05) is 0 Å². The average molecular weight is 459 g/mol. The molecule has 0 bridgehead atoms. The fourth-order valence-corrected chi connectivity index (χ4v) is 5.44. The van der Waals surface area contributed by atoms with Gasteiger partial charge in [0.15, 0.2) is 0 Å². The first kappa shape index (κ1) is 21.9. The molecule has 0 spiro atoms. The normalized spacial score (nSPS) is 27.3. The summed E-state index contributed by atoms with van der Waals surface area (Å²) in [6.45, 7) is 3.32. The summed E-state index contributed by atoms with van der Waals surface area (Å²) < 4.78 is 48.0. The number of rotatable bonds is 5. The lowest BCUT2D eigenvalue weighted by Crippen LogP contribution is -2.45. The molecule has 2 saturated heterocycles. The van der Waals surface area contributed by atoms with Crippen molar-refractivity contribution in [2.75, 3.05) is 57.4 Å². The van der Waals surface area contributed by atoms with Gasteiger partial charge in [0.25, 0.3) is 0 Å². The van der Waals surface area contributed by atoms with Crippen LogP contribution in [0.25, 0.3) is 10.9 Å². The Morgan fingerprint density at radius 2 is 2.03 bits per heavy atom. The highest BCUT2D eigenvalue weighted by Gasteiger charge is 2.86. The predicted octanol–water partition coefficient (Wildman–Crippen LogP) is 2.31. The highest BCUT2D eigenvalue weighted by molar-refractivity contribution is 5.97. The summed E-state index contributed by atoms with van der Waals surface area (Å²) in [6.07, 6.45) is -3.14. The van der Waals surface area contributed by atoms with Crippen molar-refractivity contribution in [2.45, 2.75) is 12.6 Å². The number of ether oxygens (including phenoxy) is 1. The Kier molecular flexibility index (Phi) is 5.21. The first-order valence-corrected chi connectivity index (χ1v) is 11.0. The van der Waals surface area contributed by atoms with E-state index in [1.54, 1.807) is 35.4 Å². The molecular weight excluding hydrogens is 435 g/mol. The molecule has 1 N–H and O–H groups in total. The molecule has 174 valence electrons. The number of carbonyl (C=O) groups is 1. The van der Waals surface area contributed by atoms with E-state index in [-0.39, 0.29) is 19.5 Å². The average Bonchev–Trinajstić information content (AvgIpc) is 3.36. The van der Waals surface area contributed by atoms with E-state index in [9.17, 15) is 23.2 Å². The number of nitriles is 1. The zero-order chi connectivity index (χ0) is 23.3. The maximum atomic E-state index is 14.2. The fourth-order valence-electron chi connectivity index (χ4n) is 5.44. The molecule has 0 radical (unpaired) electrons. The second kappa shape index (κ2) is 7.85. The second-order valence-corrected chi connectivity index (χ2v) is 9.05. The van der Waals surface area contributed by atoms with Gasteiger partial charge in [-0.3, -0.25) is 14.7 Å². The Morgan fingerprint density at radius 1 is 1.24 bits per heavy atom. The van der Waals surface area contributed by atoms with Crippen molar-refractivity contribution >= 4 is 22.5 Å². The van der Waals surface area contributed by atoms with Crippen LogP contribution in [0.3, 0.4) is 0 Å². The van der Waals surface area contributed by atoms with E-state index < -0.39 is 22.9 Å². The van der Waals surface area contributed by atoms with Gasteiger partial charge in [-0.15, -0.1) is 0 Å². The zero-order valence-corrected chi connectivity index (χ0v) is 18.0. The lowest BCUT2D eigenvalue weighted by molar-refractivity contribution is -0.191. The van der Waals surface area contributed by atoms with E-state index in [1.165, 1.54) is 0 Å². The van der Waals surface area contributed by atoms with Gasteiger partial charge < -0.3 is 15.0 Å². The van der Waals surface area contributed by atoms with Gasteiger partial charge in [0, 0.05) is 56.5 Å². The van der Waals surface area contributed by atoms with Crippen molar-refractivity contribution in [3.8, 4) is 6.07 Å². The summed E-state index contributed by atoms with van der Waals surface area (Å²) in [5, 5.41) is 12.7. The molecular formula is C23H24F3N5O2. The first-order chi connectivity index (χ1) is 15.8. The third-order valence-electron chi connectivity index (χ3n) is 7.32. The van der Waals surface area contributed by atoms with Crippen molar-refractivity contribution in [2.24, 2.45) is 10.8 Å². The minimum Gasteiger partial charge on any atom is -0.379 e. The number of fused-ring (bicyclic) bond motifs is 2. The van der Waals surface area contributed by atoms with E-state index in [0.717, 1.165) is 13.1 Å². The van der Waals surface area contributed by atoms with Crippen LogP contribution in [-0.4, -0.2) is 74.4 Å². The Labute approximate surface area is 189 Å². The number of nitrogens with zero attached hydrogens (tertiary/aromatic N) is 4. The van der Waals surface area contributed by atoms with Gasteiger partial charge in [0.2, 0.25) is 5.91 Å². The minimum absolute atomic E-state index is 0.0220. The molecule has 1 aromatic heterocycles. The molecule has 1 aliphatic carbocycles. The lowest BCUT2D eigenvalue weighted by atomic mass is 9.94. The van der Waals surface area contributed by atoms with Crippen molar-refractivity contribution in [3.05, 3.63) is 36.0 Å². The van der Waals surface area contributed by atoms with Gasteiger partial charge in [0.05, 0.1) is 29.7 Å². The monoisotopic (exact) mass is 459 g/mol. The van der Waals surface area contributed by atoms with E-state index in [2.05, 4.69) is 21.3 Å². The standard InChI is InChI=1S/C23H24F3N5O2/c24-23(25,26)22-13-21(22,20(32)29-6-7-30-8-10-33-11-9-30)14-31(15-22)18-4-3-16(12-27)19-17(18)2-1-5-28-19/h1-5H,6-11,13-15H2,(H,29,32). The van der Waals surface area contributed by atoms with Gasteiger partial charge in [-0.25, -0.2) is 0 Å². The van der Waals surface area contributed by atoms with Crippen LogP contribution in [0.1, 0.15) is 12.0 Å². The predicted molar refractivity (Wildman–Crippen MR) is 114 cm³/mol. The number of hydrogen-bond donors (Lipinski definition) is 1. The van der Waals surface area contributed by atoms with Crippen LogP contribution in [0.2, 0.25) is 0 Å². The highest BCUT2D eigenvalue weighted by Crippen LogP contribution is 2.75. The molecule has 2 aliphatic heterocycles. The van der Waals surface area contributed by atoms with Crippen LogP contribution < -0.4 is 10.2 Å². The smallest absolute Gasteiger partial charge is 0.379 e. The molecule has 33 heavy (non-hydrogen) atoms. The quantitative estimate of drug-likeness (QED) is 0.739. The van der Waals surface area contributed by atoms with Crippen LogP contribution in [0.15, 0.2) is 30.5 Å². The van der Waals surface area contributed by atoms with Crippen molar-refractivity contribution in [3.63, 3.8) is 0 Å². The SMILES string of the molecule is N#Cc1ccc(N2CC3(C(=O)NCCN4CCOCC4)CC3(C(F)(F)F)C2)c2cccnc12. The van der Waals surface area contributed by atoms with Gasteiger partial charge in [-0.2, -0.15) is 18.4 Å². The van der Waals surface area contributed by atoms with Crippen LogP contribution in [0.4, 0.5) is 18.9 Å². The van der Waals surface area contributed by atoms with E-state index in [0.29, 0.717) is 48.5 Å². The molecule has 3 heterocycles. The van der Waals surface area contributed by atoms with Gasteiger partial charge >= 0.3 is 6.18 Å². The number of pyridine rings is 1. The summed E-state index contributed by atoms with van der Waals surface area (Å²) in [7, 11) is 0. The number of halogens is 3. The molecule has 10 heteroatoms. The maximum Gasteiger partial charge on any atom is 0.397 e. The van der Waals surface area contributed by atoms with Crippen molar-refractivity contribution in [1.29, 1.82) is 5.26 Å². The number of alkyl halides is 3. The summed E-state index contributed by atoms with van der Waals surface area (Å²) in [5.74, 6) is -0.535. The summed E-state index contributed by atoms with van der Waals surface area (Å²) >= 11 is 0. The van der Waals surface area contributed by atoms with Crippen LogP contribution in [0, 0.1) is 22.2 Å². The first-order valence-electron chi connectivity index (χ1n) is 11.0. The number of carbonyl (C=O) groups excluding carboxylic acids is 1. The molecule has 3 aliphatic rings. The summed E-state index contributed by atoms with van der Waals surface area (Å²) in [5.41, 5.74) is -2.19. The number of anilines is 1. The van der Waals surface area contributed by atoms with E-state index in [4.69, 9.17) is 4.74 Å². The summed E-state index contributed by atoms with van der Waals surface area (Å²) in [4.78, 5) is 21.1. The van der Waals surface area contributed by atoms with Gasteiger partial charge in [-0.05, 0) is 30.7 Å². The Hall–Kier alpha value is -2.90. The number of morpholine rings is 1. The maximum absolute atomic E-state index is 14.2. The number of nitrogens with one attached hydrogen (secondary N) is 1. The molecule has 1 aromatic carbocycles. The number of piperidine rings is 1. The minimum atomic E-state index is -4.50. The molecule has 2 unspecified atom stereocenters. The molecule has 7 nitrogen and oxygen atoms in total. The third-order valence-corrected chi connectivity index (χ3v) is 7.32. The molecule has 5 rings (SSSR count). The van der Waals surface area contributed by atoms with Crippen LogP contribution in [-0.2, 0) is 9.53 Å². The summed E-state index contributed by atoms with van der Waals surface area (Å²) in [6, 6.07) is 8.74. The molecule has 3 fully saturated rings. The van der Waals surface area contributed by atoms with Crippen molar-refractivity contribution in [1.82, 2.24) is 15.2 Å². The second-order valence-electron chi connectivity index (χ2n) is 9.05. The fraction of sp³-hybridized carbons (Fsp3) is 0.522. The molecule has 1 amide bonds.